The smallest absolute Gasteiger partial charge is 0.266 e. The summed E-state index contributed by atoms with van der Waals surface area (Å²) in [5.41, 5.74) is 2.33. The molecule has 0 atom stereocenters. The van der Waals surface area contributed by atoms with Crippen molar-refractivity contribution in [3.8, 4) is 0 Å². The largest absolute Gasteiger partial charge is 0.321 e. The molecular formula is C17H14FNOS. The topological polar surface area (TPSA) is 29.1 Å². The molecule has 1 heterocycles. The van der Waals surface area contributed by atoms with Crippen LogP contribution in [0.25, 0.3) is 10.1 Å². The van der Waals surface area contributed by atoms with Crippen LogP contribution in [0.1, 0.15) is 20.8 Å². The highest BCUT2D eigenvalue weighted by Gasteiger charge is 2.16. The molecule has 3 rings (SSSR count). The van der Waals surface area contributed by atoms with Crippen molar-refractivity contribution in [2.45, 2.75) is 13.8 Å². The van der Waals surface area contributed by atoms with Gasteiger partial charge in [0.05, 0.1) is 4.88 Å². The molecular weight excluding hydrogens is 285 g/mol. The molecule has 0 saturated heterocycles. The number of hydrogen-bond acceptors (Lipinski definition) is 2. The molecule has 0 saturated carbocycles. The fraction of sp³-hybridized carbons (Fsp3) is 0.118. The van der Waals surface area contributed by atoms with Gasteiger partial charge in [-0.15, -0.1) is 11.3 Å². The number of halogens is 1. The van der Waals surface area contributed by atoms with Gasteiger partial charge in [-0.1, -0.05) is 18.2 Å². The number of hydrogen-bond donors (Lipinski definition) is 1. The van der Waals surface area contributed by atoms with Gasteiger partial charge in [0.1, 0.15) is 5.82 Å². The Bertz CT molecular complexity index is 838. The lowest BCUT2D eigenvalue weighted by molar-refractivity contribution is 0.103. The first-order valence-corrected chi connectivity index (χ1v) is 7.43. The molecule has 3 aromatic rings. The predicted octanol–water partition coefficient (Wildman–Crippen LogP) is 4.91. The van der Waals surface area contributed by atoms with Gasteiger partial charge in [-0.05, 0) is 54.6 Å². The van der Waals surface area contributed by atoms with Gasteiger partial charge in [0.25, 0.3) is 5.91 Å². The molecule has 0 aliphatic carbocycles. The molecule has 0 fully saturated rings. The SMILES string of the molecule is Cc1cc(F)ccc1NC(=O)c1sc2ccccc2c1C. The number of thiophene rings is 1. The molecule has 1 N–H and O–H groups in total. The highest BCUT2D eigenvalue weighted by molar-refractivity contribution is 7.21. The number of benzene rings is 2. The zero-order valence-electron chi connectivity index (χ0n) is 11.7. The van der Waals surface area contributed by atoms with E-state index in [0.717, 1.165) is 15.6 Å². The first kappa shape index (κ1) is 13.8. The van der Waals surface area contributed by atoms with Crippen LogP contribution in [0.15, 0.2) is 42.5 Å². The molecule has 21 heavy (non-hydrogen) atoms. The molecule has 106 valence electrons. The van der Waals surface area contributed by atoms with Gasteiger partial charge in [0.2, 0.25) is 0 Å². The summed E-state index contributed by atoms with van der Waals surface area (Å²) in [6, 6.07) is 12.3. The zero-order chi connectivity index (χ0) is 15.0. The fourth-order valence-corrected chi connectivity index (χ4v) is 3.44. The van der Waals surface area contributed by atoms with E-state index in [-0.39, 0.29) is 11.7 Å². The third kappa shape index (κ3) is 2.54. The van der Waals surface area contributed by atoms with E-state index in [9.17, 15) is 9.18 Å². The van der Waals surface area contributed by atoms with Gasteiger partial charge in [0.15, 0.2) is 0 Å². The van der Waals surface area contributed by atoms with Crippen LogP contribution >= 0.6 is 11.3 Å². The van der Waals surface area contributed by atoms with Crippen LogP contribution in [-0.2, 0) is 0 Å². The Morgan fingerprint density at radius 2 is 1.90 bits per heavy atom. The molecule has 2 nitrogen and oxygen atoms in total. The number of rotatable bonds is 2. The Kier molecular flexibility index (Phi) is 3.47. The van der Waals surface area contributed by atoms with E-state index in [1.807, 2.05) is 31.2 Å². The van der Waals surface area contributed by atoms with E-state index in [2.05, 4.69) is 5.32 Å². The van der Waals surface area contributed by atoms with E-state index in [4.69, 9.17) is 0 Å². The van der Waals surface area contributed by atoms with Crippen LogP contribution in [0.2, 0.25) is 0 Å². The van der Waals surface area contributed by atoms with Gasteiger partial charge in [0, 0.05) is 10.4 Å². The van der Waals surface area contributed by atoms with Crippen LogP contribution in [-0.4, -0.2) is 5.91 Å². The van der Waals surface area contributed by atoms with Crippen molar-refractivity contribution in [2.24, 2.45) is 0 Å². The highest BCUT2D eigenvalue weighted by Crippen LogP contribution is 2.31. The maximum atomic E-state index is 13.1. The maximum Gasteiger partial charge on any atom is 0.266 e. The number of carbonyl (C=O) groups is 1. The van der Waals surface area contributed by atoms with Crippen molar-refractivity contribution in [1.82, 2.24) is 0 Å². The average Bonchev–Trinajstić information content (AvgIpc) is 2.80. The van der Waals surface area contributed by atoms with Crippen molar-refractivity contribution in [3.05, 3.63) is 64.3 Å². The minimum Gasteiger partial charge on any atom is -0.321 e. The lowest BCUT2D eigenvalue weighted by Crippen LogP contribution is -2.12. The van der Waals surface area contributed by atoms with Gasteiger partial charge in [-0.25, -0.2) is 4.39 Å². The summed E-state index contributed by atoms with van der Waals surface area (Å²) >= 11 is 1.47. The second kappa shape index (κ2) is 5.30. The molecule has 0 radical (unpaired) electrons. The summed E-state index contributed by atoms with van der Waals surface area (Å²) in [4.78, 5) is 13.1. The van der Waals surface area contributed by atoms with Crippen molar-refractivity contribution in [1.29, 1.82) is 0 Å². The number of fused-ring (bicyclic) bond motifs is 1. The van der Waals surface area contributed by atoms with E-state index in [1.54, 1.807) is 13.0 Å². The number of carbonyl (C=O) groups excluding carboxylic acids is 1. The Labute approximate surface area is 126 Å². The van der Waals surface area contributed by atoms with E-state index in [0.29, 0.717) is 16.1 Å². The second-order valence-corrected chi connectivity index (χ2v) is 6.02. The number of anilines is 1. The molecule has 1 amide bonds. The average molecular weight is 299 g/mol. The summed E-state index contributed by atoms with van der Waals surface area (Å²) in [6.45, 7) is 3.72. The molecule has 4 heteroatoms. The Hall–Kier alpha value is -2.20. The summed E-state index contributed by atoms with van der Waals surface area (Å²) < 4.78 is 14.2. The molecule has 0 aliphatic rings. The Balaban J connectivity index is 1.95. The molecule has 0 aliphatic heterocycles. The summed E-state index contributed by atoms with van der Waals surface area (Å²) in [5, 5.41) is 3.96. The molecule has 2 aromatic carbocycles. The quantitative estimate of drug-likeness (QED) is 0.715. The van der Waals surface area contributed by atoms with Gasteiger partial charge in [-0.2, -0.15) is 0 Å². The Morgan fingerprint density at radius 1 is 1.14 bits per heavy atom. The molecule has 0 unspecified atom stereocenters. The minimum absolute atomic E-state index is 0.150. The van der Waals surface area contributed by atoms with Crippen LogP contribution in [0, 0.1) is 19.7 Å². The van der Waals surface area contributed by atoms with Crippen LogP contribution in [0.4, 0.5) is 10.1 Å². The van der Waals surface area contributed by atoms with Crippen LogP contribution in [0.5, 0.6) is 0 Å². The van der Waals surface area contributed by atoms with Crippen molar-refractivity contribution >= 4 is 33.0 Å². The third-order valence-corrected chi connectivity index (χ3v) is 4.76. The van der Waals surface area contributed by atoms with Gasteiger partial charge in [-0.3, -0.25) is 4.79 Å². The number of nitrogens with one attached hydrogen (secondary N) is 1. The fourth-order valence-electron chi connectivity index (χ4n) is 2.34. The van der Waals surface area contributed by atoms with Gasteiger partial charge < -0.3 is 5.32 Å². The number of amides is 1. The predicted molar refractivity (Wildman–Crippen MR) is 85.7 cm³/mol. The summed E-state index contributed by atoms with van der Waals surface area (Å²) in [6.07, 6.45) is 0. The normalized spacial score (nSPS) is 10.8. The summed E-state index contributed by atoms with van der Waals surface area (Å²) in [5.74, 6) is -0.452. The Morgan fingerprint density at radius 3 is 2.62 bits per heavy atom. The van der Waals surface area contributed by atoms with Gasteiger partial charge >= 0.3 is 0 Å². The lowest BCUT2D eigenvalue weighted by atomic mass is 10.1. The second-order valence-electron chi connectivity index (χ2n) is 4.97. The van der Waals surface area contributed by atoms with Crippen LogP contribution < -0.4 is 5.32 Å². The maximum absolute atomic E-state index is 13.1. The number of aryl methyl sites for hydroxylation is 2. The highest BCUT2D eigenvalue weighted by atomic mass is 32.1. The first-order chi connectivity index (χ1) is 10.1. The van der Waals surface area contributed by atoms with Crippen LogP contribution in [0.3, 0.4) is 0 Å². The van der Waals surface area contributed by atoms with Crippen molar-refractivity contribution < 1.29 is 9.18 Å². The van der Waals surface area contributed by atoms with E-state index >= 15 is 0 Å². The monoisotopic (exact) mass is 299 g/mol. The standard InChI is InChI=1S/C17H14FNOS/c1-10-9-12(18)7-8-14(10)19-17(20)16-11(2)13-5-3-4-6-15(13)21-16/h3-9H,1-2H3,(H,19,20). The zero-order valence-corrected chi connectivity index (χ0v) is 12.6. The third-order valence-electron chi connectivity index (χ3n) is 3.49. The minimum atomic E-state index is -0.302. The first-order valence-electron chi connectivity index (χ1n) is 6.62. The van der Waals surface area contributed by atoms with E-state index in [1.165, 1.54) is 23.5 Å². The molecule has 1 aromatic heterocycles. The lowest BCUT2D eigenvalue weighted by Gasteiger charge is -2.07. The van der Waals surface area contributed by atoms with Crippen molar-refractivity contribution in [2.75, 3.05) is 5.32 Å². The van der Waals surface area contributed by atoms with Crippen molar-refractivity contribution in [3.63, 3.8) is 0 Å². The van der Waals surface area contributed by atoms with E-state index < -0.39 is 0 Å². The molecule has 0 spiro atoms. The summed E-state index contributed by atoms with van der Waals surface area (Å²) in [7, 11) is 0. The molecule has 0 bridgehead atoms.